The van der Waals surface area contributed by atoms with E-state index < -0.39 is 17.7 Å². The zero-order chi connectivity index (χ0) is 25.0. The van der Waals surface area contributed by atoms with Gasteiger partial charge in [0, 0.05) is 24.6 Å². The Bertz CT molecular complexity index is 1420. The van der Waals surface area contributed by atoms with Crippen molar-refractivity contribution in [3.8, 4) is 11.8 Å². The zero-order valence-electron chi connectivity index (χ0n) is 18.1. The van der Waals surface area contributed by atoms with Crippen molar-refractivity contribution in [3.63, 3.8) is 0 Å². The van der Waals surface area contributed by atoms with Crippen LogP contribution in [-0.4, -0.2) is 22.6 Å². The average Bonchev–Trinajstić information content (AvgIpc) is 3.26. The largest absolute Gasteiger partial charge is 0.472 e. The van der Waals surface area contributed by atoms with E-state index in [2.05, 4.69) is 16.8 Å². The minimum Gasteiger partial charge on any atom is -0.472 e. The molecule has 0 spiro atoms. The lowest BCUT2D eigenvalue weighted by molar-refractivity contribution is -0.137. The van der Waals surface area contributed by atoms with E-state index in [-0.39, 0.29) is 5.82 Å². The summed E-state index contributed by atoms with van der Waals surface area (Å²) in [5.41, 5.74) is 1.72. The molecule has 0 bridgehead atoms. The van der Waals surface area contributed by atoms with E-state index in [1.165, 1.54) is 23.5 Å². The molecule has 4 rings (SSSR count). The summed E-state index contributed by atoms with van der Waals surface area (Å²) in [5.74, 6) is 2.98. The number of carboxylic acid groups (broad SMARTS) is 1. The van der Waals surface area contributed by atoms with E-state index in [4.69, 9.17) is 5.11 Å². The van der Waals surface area contributed by atoms with Gasteiger partial charge in [-0.05, 0) is 47.9 Å². The Morgan fingerprint density at radius 1 is 1.03 bits per heavy atom. The molecule has 1 N–H and O–H groups in total. The topological polar surface area (TPSA) is 53.4 Å². The number of carbonyl (C=O) groups is 1. The van der Waals surface area contributed by atoms with E-state index in [1.807, 2.05) is 4.90 Å². The first-order chi connectivity index (χ1) is 16.7. The van der Waals surface area contributed by atoms with Gasteiger partial charge in [-0.15, -0.1) is 0 Å². The van der Waals surface area contributed by atoms with Crippen molar-refractivity contribution in [1.82, 2.24) is 4.98 Å². The molecule has 0 aliphatic carbocycles. The summed E-state index contributed by atoms with van der Waals surface area (Å²) in [5, 5.41) is 9.24. The molecule has 3 aromatic carbocycles. The fourth-order valence-corrected chi connectivity index (χ4v) is 4.48. The second-order valence-corrected chi connectivity index (χ2v) is 8.68. The first kappa shape index (κ1) is 24.2. The maximum absolute atomic E-state index is 14.3. The standard InChI is InChI=1S/C26H18F4N2O2S/c27-21-5-2-6-22-24(21)35-25(31-22)32(14-13-18-3-1-4-20(15-18)26(28,29)30)16-19-9-7-17(8-10-19)11-12-23(33)34/h1-10,15H,13-14,16H2,(H,33,34). The van der Waals surface area contributed by atoms with Crippen LogP contribution >= 0.6 is 11.3 Å². The number of aliphatic carboxylic acids is 1. The molecule has 0 aliphatic heterocycles. The molecule has 178 valence electrons. The highest BCUT2D eigenvalue weighted by atomic mass is 32.1. The molecule has 0 atom stereocenters. The van der Waals surface area contributed by atoms with E-state index in [9.17, 15) is 22.4 Å². The predicted octanol–water partition coefficient (Wildman–Crippen LogP) is 6.14. The molecule has 0 unspecified atom stereocenters. The van der Waals surface area contributed by atoms with Gasteiger partial charge in [0.2, 0.25) is 0 Å². The van der Waals surface area contributed by atoms with Crippen LogP contribution in [0.1, 0.15) is 22.3 Å². The Labute approximate surface area is 202 Å². The summed E-state index contributed by atoms with van der Waals surface area (Å²) in [7, 11) is 0. The summed E-state index contributed by atoms with van der Waals surface area (Å²) < 4.78 is 54.0. The van der Waals surface area contributed by atoms with Crippen LogP contribution in [-0.2, 0) is 23.9 Å². The molecular weight excluding hydrogens is 480 g/mol. The van der Waals surface area contributed by atoms with Gasteiger partial charge in [-0.2, -0.15) is 13.2 Å². The molecule has 35 heavy (non-hydrogen) atoms. The Morgan fingerprint density at radius 3 is 2.46 bits per heavy atom. The molecule has 0 fully saturated rings. The van der Waals surface area contributed by atoms with Gasteiger partial charge in [-0.3, -0.25) is 0 Å². The number of fused-ring (bicyclic) bond motifs is 1. The lowest BCUT2D eigenvalue weighted by Crippen LogP contribution is -2.25. The first-order valence-electron chi connectivity index (χ1n) is 10.5. The fourth-order valence-electron chi connectivity index (χ4n) is 3.49. The molecule has 9 heteroatoms. The van der Waals surface area contributed by atoms with Crippen LogP contribution < -0.4 is 4.90 Å². The molecule has 0 amide bonds. The first-order valence-corrected chi connectivity index (χ1v) is 11.3. The molecule has 0 saturated carbocycles. The van der Waals surface area contributed by atoms with Crippen molar-refractivity contribution in [1.29, 1.82) is 0 Å². The number of thiazole rings is 1. The Balaban J connectivity index is 1.60. The lowest BCUT2D eigenvalue weighted by Gasteiger charge is -2.22. The SMILES string of the molecule is O=C(O)C#Cc1ccc(CN(CCc2cccc(C(F)(F)F)c2)c2nc3cccc(F)c3s2)cc1. The van der Waals surface area contributed by atoms with Gasteiger partial charge in [-0.25, -0.2) is 14.2 Å². The second-order valence-electron chi connectivity index (χ2n) is 7.71. The number of anilines is 1. The molecule has 4 aromatic rings. The normalized spacial score (nSPS) is 11.2. The Kier molecular flexibility index (Phi) is 7.03. The van der Waals surface area contributed by atoms with Crippen LogP contribution in [0.15, 0.2) is 66.7 Å². The van der Waals surface area contributed by atoms with Gasteiger partial charge in [0.25, 0.3) is 0 Å². The van der Waals surface area contributed by atoms with Gasteiger partial charge in [0.05, 0.1) is 15.8 Å². The number of aromatic nitrogens is 1. The van der Waals surface area contributed by atoms with Crippen molar-refractivity contribution in [3.05, 3.63) is 94.8 Å². The van der Waals surface area contributed by atoms with Crippen molar-refractivity contribution >= 4 is 32.7 Å². The van der Waals surface area contributed by atoms with E-state index in [1.54, 1.807) is 42.5 Å². The molecule has 0 saturated heterocycles. The van der Waals surface area contributed by atoms with Crippen molar-refractivity contribution < 1.29 is 27.5 Å². The number of hydrogen-bond acceptors (Lipinski definition) is 4. The van der Waals surface area contributed by atoms with Crippen LogP contribution in [0.25, 0.3) is 10.2 Å². The van der Waals surface area contributed by atoms with Crippen LogP contribution in [0.4, 0.5) is 22.7 Å². The quantitative estimate of drug-likeness (QED) is 0.256. The number of rotatable bonds is 6. The highest BCUT2D eigenvalue weighted by Crippen LogP contribution is 2.32. The van der Waals surface area contributed by atoms with Crippen molar-refractivity contribution in [2.45, 2.75) is 19.1 Å². The third-order valence-electron chi connectivity index (χ3n) is 5.19. The van der Waals surface area contributed by atoms with Gasteiger partial charge < -0.3 is 10.0 Å². The van der Waals surface area contributed by atoms with E-state index >= 15 is 0 Å². The Hall–Kier alpha value is -3.90. The number of hydrogen-bond donors (Lipinski definition) is 1. The van der Waals surface area contributed by atoms with Gasteiger partial charge >= 0.3 is 12.1 Å². The van der Waals surface area contributed by atoms with Crippen molar-refractivity contribution in [2.75, 3.05) is 11.4 Å². The smallest absolute Gasteiger partial charge is 0.416 e. The highest BCUT2D eigenvalue weighted by molar-refractivity contribution is 7.22. The lowest BCUT2D eigenvalue weighted by atomic mass is 10.1. The van der Waals surface area contributed by atoms with Gasteiger partial charge in [0.1, 0.15) is 5.82 Å². The van der Waals surface area contributed by atoms with Crippen molar-refractivity contribution in [2.24, 2.45) is 0 Å². The molecule has 0 radical (unpaired) electrons. The summed E-state index contributed by atoms with van der Waals surface area (Å²) >= 11 is 1.18. The number of halogens is 4. The van der Waals surface area contributed by atoms with Gasteiger partial charge in [0.15, 0.2) is 5.13 Å². The summed E-state index contributed by atoms with van der Waals surface area (Å²) in [6.45, 7) is 0.719. The number of carboxylic acids is 1. The zero-order valence-corrected chi connectivity index (χ0v) is 19.0. The predicted molar refractivity (Wildman–Crippen MR) is 127 cm³/mol. The van der Waals surface area contributed by atoms with Gasteiger partial charge in [-0.1, -0.05) is 53.7 Å². The highest BCUT2D eigenvalue weighted by Gasteiger charge is 2.30. The maximum Gasteiger partial charge on any atom is 0.416 e. The third-order valence-corrected chi connectivity index (χ3v) is 6.33. The summed E-state index contributed by atoms with van der Waals surface area (Å²) in [4.78, 5) is 17.1. The molecule has 1 aromatic heterocycles. The van der Waals surface area contributed by atoms with Crippen LogP contribution in [0.5, 0.6) is 0 Å². The van der Waals surface area contributed by atoms with Crippen LogP contribution in [0.3, 0.4) is 0 Å². The molecule has 0 aliphatic rings. The minimum atomic E-state index is -4.43. The molecular formula is C26H18F4N2O2S. The van der Waals surface area contributed by atoms with Crippen LogP contribution in [0, 0.1) is 17.7 Å². The minimum absolute atomic E-state index is 0.324. The van der Waals surface area contributed by atoms with Crippen LogP contribution in [0.2, 0.25) is 0 Å². The van der Waals surface area contributed by atoms with E-state index in [0.717, 1.165) is 17.7 Å². The molecule has 4 nitrogen and oxygen atoms in total. The monoisotopic (exact) mass is 498 g/mol. The van der Waals surface area contributed by atoms with E-state index in [0.29, 0.717) is 46.0 Å². The average molecular weight is 499 g/mol. The third kappa shape index (κ3) is 6.16. The number of benzene rings is 3. The number of nitrogens with zero attached hydrogens (tertiary/aromatic N) is 2. The maximum atomic E-state index is 14.3. The summed E-state index contributed by atoms with van der Waals surface area (Å²) in [6.07, 6.45) is -4.10. The number of alkyl halides is 3. The Morgan fingerprint density at radius 2 is 1.77 bits per heavy atom. The summed E-state index contributed by atoms with van der Waals surface area (Å²) in [6, 6.07) is 16.8. The second kappa shape index (κ2) is 10.2. The fraction of sp³-hybridized carbons (Fsp3) is 0.154. The molecule has 1 heterocycles.